The Kier molecular flexibility index (Phi) is 5.15. The molecule has 2 aromatic carbocycles. The molecular formula is C23H22FN3O. The molecule has 0 spiro atoms. The number of carbonyl (C=O) groups excluding carboxylic acids is 1. The fourth-order valence-corrected chi connectivity index (χ4v) is 3.70. The van der Waals surface area contributed by atoms with Crippen LogP contribution in [-0.4, -0.2) is 16.3 Å². The van der Waals surface area contributed by atoms with Gasteiger partial charge in [-0.2, -0.15) is 0 Å². The average Bonchev–Trinajstić information content (AvgIpc) is 2.68. The molecule has 3 aromatic rings. The van der Waals surface area contributed by atoms with Crippen LogP contribution >= 0.6 is 0 Å². The number of halogens is 1. The number of nitrogens with zero attached hydrogens (tertiary/aromatic N) is 2. The Labute approximate surface area is 163 Å². The Hall–Kier alpha value is -3.08. The number of aryl methyl sites for hydroxylation is 1. The van der Waals surface area contributed by atoms with Gasteiger partial charge in [0.15, 0.2) is 0 Å². The quantitative estimate of drug-likeness (QED) is 0.633. The summed E-state index contributed by atoms with van der Waals surface area (Å²) >= 11 is 0. The summed E-state index contributed by atoms with van der Waals surface area (Å²) in [4.78, 5) is 19.1. The summed E-state index contributed by atoms with van der Waals surface area (Å²) in [7, 11) is 0. The van der Waals surface area contributed by atoms with Crippen LogP contribution in [-0.2, 0) is 12.8 Å². The predicted octanol–water partition coefficient (Wildman–Crippen LogP) is 4.73. The molecule has 5 heteroatoms. The van der Waals surface area contributed by atoms with Crippen LogP contribution in [0.2, 0.25) is 0 Å². The first-order valence-corrected chi connectivity index (χ1v) is 9.59. The fourth-order valence-electron chi connectivity index (χ4n) is 3.70. The first-order valence-electron chi connectivity index (χ1n) is 9.59. The molecule has 0 bridgehead atoms. The maximum atomic E-state index is 15.5. The summed E-state index contributed by atoms with van der Waals surface area (Å²) in [5, 5.41) is 0. The second-order valence-corrected chi connectivity index (χ2v) is 7.31. The summed E-state index contributed by atoms with van der Waals surface area (Å²) in [6.45, 7) is 0. The summed E-state index contributed by atoms with van der Waals surface area (Å²) in [5.41, 5.74) is 10.2. The highest BCUT2D eigenvalue weighted by Gasteiger charge is 2.25. The van der Waals surface area contributed by atoms with E-state index in [1.807, 2.05) is 24.3 Å². The molecule has 4 nitrogen and oxygen atoms in total. The molecule has 0 radical (unpaired) electrons. The van der Waals surface area contributed by atoms with Crippen LogP contribution in [0.25, 0.3) is 11.3 Å². The van der Waals surface area contributed by atoms with Gasteiger partial charge in [0.1, 0.15) is 17.9 Å². The van der Waals surface area contributed by atoms with Crippen molar-refractivity contribution in [3.05, 3.63) is 76.9 Å². The number of anilines is 1. The highest BCUT2D eigenvalue weighted by molar-refractivity contribution is 5.74. The van der Waals surface area contributed by atoms with Crippen molar-refractivity contribution in [1.82, 2.24) is 9.97 Å². The van der Waals surface area contributed by atoms with E-state index in [1.165, 1.54) is 18.8 Å². The molecule has 2 N–H and O–H groups in total. The van der Waals surface area contributed by atoms with Crippen LogP contribution in [0.5, 0.6) is 0 Å². The van der Waals surface area contributed by atoms with Crippen molar-refractivity contribution in [3.8, 4) is 11.3 Å². The largest absolute Gasteiger partial charge is 0.382 e. The van der Waals surface area contributed by atoms with Gasteiger partial charge in [0.2, 0.25) is 0 Å². The SMILES string of the molecule is Nc1cnc(-c2ccc(C3CCC3)c(CCc3ccc(C=O)cc3)c2F)cn1. The second-order valence-electron chi connectivity index (χ2n) is 7.31. The van der Waals surface area contributed by atoms with Crippen LogP contribution in [0, 0.1) is 5.82 Å². The van der Waals surface area contributed by atoms with E-state index >= 15 is 4.39 Å². The van der Waals surface area contributed by atoms with Crippen LogP contribution in [0.15, 0.2) is 48.8 Å². The molecular weight excluding hydrogens is 353 g/mol. The van der Waals surface area contributed by atoms with Crippen molar-refractivity contribution in [1.29, 1.82) is 0 Å². The van der Waals surface area contributed by atoms with Gasteiger partial charge in [-0.05, 0) is 54.4 Å². The Bertz CT molecular complexity index is 980. The van der Waals surface area contributed by atoms with E-state index < -0.39 is 0 Å². The Balaban J connectivity index is 1.66. The van der Waals surface area contributed by atoms with E-state index in [0.29, 0.717) is 41.4 Å². The fraction of sp³-hybridized carbons (Fsp3) is 0.261. The number of hydrogen-bond donors (Lipinski definition) is 1. The zero-order valence-electron chi connectivity index (χ0n) is 15.6. The van der Waals surface area contributed by atoms with Gasteiger partial charge in [0, 0.05) is 11.1 Å². The molecule has 28 heavy (non-hydrogen) atoms. The van der Waals surface area contributed by atoms with Crippen molar-refractivity contribution >= 4 is 12.1 Å². The summed E-state index contributed by atoms with van der Waals surface area (Å²) < 4.78 is 15.5. The predicted molar refractivity (Wildman–Crippen MR) is 108 cm³/mol. The Morgan fingerprint density at radius 2 is 1.82 bits per heavy atom. The highest BCUT2D eigenvalue weighted by Crippen LogP contribution is 2.40. The molecule has 1 saturated carbocycles. The first kappa shape index (κ1) is 18.3. The molecule has 1 heterocycles. The number of carbonyl (C=O) groups is 1. The summed E-state index contributed by atoms with van der Waals surface area (Å²) in [6, 6.07) is 11.3. The Morgan fingerprint density at radius 1 is 1.04 bits per heavy atom. The maximum absolute atomic E-state index is 15.5. The van der Waals surface area contributed by atoms with Gasteiger partial charge in [-0.3, -0.25) is 9.78 Å². The third-order valence-electron chi connectivity index (χ3n) is 5.55. The van der Waals surface area contributed by atoms with Gasteiger partial charge in [-0.15, -0.1) is 0 Å². The van der Waals surface area contributed by atoms with Crippen molar-refractivity contribution in [3.63, 3.8) is 0 Å². The number of nitrogen functional groups attached to an aromatic ring is 1. The van der Waals surface area contributed by atoms with Gasteiger partial charge in [-0.1, -0.05) is 36.8 Å². The van der Waals surface area contributed by atoms with Crippen molar-refractivity contribution in [2.24, 2.45) is 0 Å². The molecule has 0 amide bonds. The summed E-state index contributed by atoms with van der Waals surface area (Å²) in [5.74, 6) is 0.538. The third-order valence-corrected chi connectivity index (χ3v) is 5.55. The molecule has 1 fully saturated rings. The molecule has 4 rings (SSSR count). The lowest BCUT2D eigenvalue weighted by molar-refractivity contribution is 0.112. The lowest BCUT2D eigenvalue weighted by Crippen LogP contribution is -2.13. The van der Waals surface area contributed by atoms with E-state index in [9.17, 15) is 4.79 Å². The molecule has 142 valence electrons. The number of aromatic nitrogens is 2. The lowest BCUT2D eigenvalue weighted by Gasteiger charge is -2.29. The van der Waals surface area contributed by atoms with E-state index in [4.69, 9.17) is 5.73 Å². The van der Waals surface area contributed by atoms with Gasteiger partial charge in [-0.25, -0.2) is 9.37 Å². The van der Waals surface area contributed by atoms with Gasteiger partial charge in [0.25, 0.3) is 0 Å². The molecule has 0 unspecified atom stereocenters. The number of rotatable bonds is 6. The maximum Gasteiger partial charge on any atom is 0.150 e. The molecule has 0 atom stereocenters. The average molecular weight is 375 g/mol. The molecule has 1 aliphatic rings. The van der Waals surface area contributed by atoms with E-state index in [-0.39, 0.29) is 5.82 Å². The molecule has 0 saturated heterocycles. The number of nitrogens with two attached hydrogens (primary N) is 1. The minimum absolute atomic E-state index is 0.215. The highest BCUT2D eigenvalue weighted by atomic mass is 19.1. The minimum atomic E-state index is -0.215. The molecule has 0 aliphatic heterocycles. The second kappa shape index (κ2) is 7.89. The zero-order valence-corrected chi connectivity index (χ0v) is 15.6. The van der Waals surface area contributed by atoms with Crippen LogP contribution in [0.1, 0.15) is 52.2 Å². The van der Waals surface area contributed by atoms with Crippen LogP contribution < -0.4 is 5.73 Å². The van der Waals surface area contributed by atoms with Crippen molar-refractivity contribution in [2.45, 2.75) is 38.0 Å². The van der Waals surface area contributed by atoms with Crippen LogP contribution in [0.3, 0.4) is 0 Å². The van der Waals surface area contributed by atoms with Crippen molar-refractivity contribution < 1.29 is 9.18 Å². The van der Waals surface area contributed by atoms with Gasteiger partial charge < -0.3 is 5.73 Å². The molecule has 1 aliphatic carbocycles. The van der Waals surface area contributed by atoms with Crippen molar-refractivity contribution in [2.75, 3.05) is 5.73 Å². The van der Waals surface area contributed by atoms with Gasteiger partial charge in [0.05, 0.1) is 18.1 Å². The number of benzene rings is 2. The third kappa shape index (κ3) is 3.65. The van der Waals surface area contributed by atoms with E-state index in [0.717, 1.165) is 35.8 Å². The number of aldehydes is 1. The number of hydrogen-bond acceptors (Lipinski definition) is 4. The smallest absolute Gasteiger partial charge is 0.150 e. The first-order chi connectivity index (χ1) is 13.7. The monoisotopic (exact) mass is 375 g/mol. The standard InChI is InChI=1S/C23H22FN3O/c24-23-19(9-8-15-4-6-16(14-28)7-5-15)18(17-2-1-3-17)10-11-20(23)21-12-27-22(25)13-26-21/h4-7,10-14,17H,1-3,8-9H2,(H2,25,27). The van der Waals surface area contributed by atoms with E-state index in [2.05, 4.69) is 9.97 Å². The van der Waals surface area contributed by atoms with E-state index in [1.54, 1.807) is 12.1 Å². The zero-order chi connectivity index (χ0) is 19.5. The molecule has 1 aromatic heterocycles. The summed E-state index contributed by atoms with van der Waals surface area (Å²) in [6.07, 6.45) is 8.53. The van der Waals surface area contributed by atoms with Crippen LogP contribution in [0.4, 0.5) is 10.2 Å². The Morgan fingerprint density at radius 3 is 2.43 bits per heavy atom. The minimum Gasteiger partial charge on any atom is -0.382 e. The lowest BCUT2D eigenvalue weighted by atomic mass is 9.77. The van der Waals surface area contributed by atoms with Gasteiger partial charge >= 0.3 is 0 Å². The topological polar surface area (TPSA) is 68.9 Å². The normalized spacial score (nSPS) is 13.9.